The highest BCUT2D eigenvalue weighted by molar-refractivity contribution is 8.10. The first-order valence-electron chi connectivity index (χ1n) is 5.51. The molecule has 0 amide bonds. The fraction of sp³-hybridized carbons (Fsp3) is 0.417. The Balaban J connectivity index is 2.04. The summed E-state index contributed by atoms with van der Waals surface area (Å²) in [6.45, 7) is 2.93. The molecule has 2 nitrogen and oxygen atoms in total. The van der Waals surface area contributed by atoms with Gasteiger partial charge in [-0.05, 0) is 12.0 Å². The summed E-state index contributed by atoms with van der Waals surface area (Å²) in [4.78, 5) is 2.21. The minimum absolute atomic E-state index is 0.432. The van der Waals surface area contributed by atoms with E-state index in [1.54, 1.807) is 0 Å². The molecule has 1 saturated heterocycles. The molecule has 0 saturated carbocycles. The van der Waals surface area contributed by atoms with Gasteiger partial charge in [-0.3, -0.25) is 0 Å². The van der Waals surface area contributed by atoms with E-state index in [4.69, 9.17) is 12.2 Å². The van der Waals surface area contributed by atoms with Crippen molar-refractivity contribution < 1.29 is 0 Å². The van der Waals surface area contributed by atoms with Crippen molar-refractivity contribution in [2.75, 3.05) is 19.6 Å². The first-order valence-corrected chi connectivity index (χ1v) is 6.37. The summed E-state index contributed by atoms with van der Waals surface area (Å²) in [5.74, 6) is 0. The lowest BCUT2D eigenvalue weighted by Gasteiger charge is -2.36. The van der Waals surface area contributed by atoms with Gasteiger partial charge < -0.3 is 10.2 Å². The van der Waals surface area contributed by atoms with Gasteiger partial charge in [0.25, 0.3) is 0 Å². The number of benzene rings is 1. The minimum Gasteiger partial charge on any atom is -0.352 e. The molecule has 16 heavy (non-hydrogen) atoms. The zero-order valence-corrected chi connectivity index (χ0v) is 10.8. The molecule has 1 atom stereocenters. The zero-order chi connectivity index (χ0) is 11.4. The largest absolute Gasteiger partial charge is 0.352 e. The van der Waals surface area contributed by atoms with Crippen LogP contribution in [-0.2, 0) is 6.42 Å². The highest BCUT2D eigenvalue weighted by atomic mass is 32.1. The maximum Gasteiger partial charge on any atom is 0.133 e. The second-order valence-electron chi connectivity index (χ2n) is 4.02. The Morgan fingerprint density at radius 1 is 1.44 bits per heavy atom. The average molecular weight is 252 g/mol. The molecule has 0 aromatic heterocycles. The third kappa shape index (κ3) is 2.97. The summed E-state index contributed by atoms with van der Waals surface area (Å²) >= 11 is 9.47. The maximum absolute atomic E-state index is 5.17. The molecule has 1 aliphatic rings. The normalized spacial score (nSPS) is 20.8. The van der Waals surface area contributed by atoms with Crippen molar-refractivity contribution in [2.24, 2.45) is 0 Å². The molecule has 1 fully saturated rings. The molecule has 0 bridgehead atoms. The van der Waals surface area contributed by atoms with Gasteiger partial charge in [-0.15, -0.1) is 12.6 Å². The smallest absolute Gasteiger partial charge is 0.133 e. The Labute approximate surface area is 107 Å². The SMILES string of the molecule is S=C(S)N1CCNCC1Cc1ccccc1. The third-order valence-electron chi connectivity index (χ3n) is 2.91. The van der Waals surface area contributed by atoms with Crippen LogP contribution in [0.2, 0.25) is 0 Å². The van der Waals surface area contributed by atoms with Crippen molar-refractivity contribution in [2.45, 2.75) is 12.5 Å². The highest BCUT2D eigenvalue weighted by Crippen LogP contribution is 2.13. The fourth-order valence-electron chi connectivity index (χ4n) is 2.08. The van der Waals surface area contributed by atoms with E-state index in [0.717, 1.165) is 26.1 Å². The van der Waals surface area contributed by atoms with Gasteiger partial charge in [0.1, 0.15) is 4.32 Å². The second-order valence-corrected chi connectivity index (χ2v) is 5.14. The third-order valence-corrected chi connectivity index (χ3v) is 3.40. The predicted molar refractivity (Wildman–Crippen MR) is 75.1 cm³/mol. The van der Waals surface area contributed by atoms with Crippen molar-refractivity contribution in [1.29, 1.82) is 0 Å². The average Bonchev–Trinajstić information content (AvgIpc) is 2.31. The van der Waals surface area contributed by atoms with Gasteiger partial charge in [0, 0.05) is 25.7 Å². The number of nitrogens with one attached hydrogen (secondary N) is 1. The molecule has 1 aliphatic heterocycles. The van der Waals surface area contributed by atoms with Gasteiger partial charge in [0.05, 0.1) is 0 Å². The van der Waals surface area contributed by atoms with Gasteiger partial charge in [-0.25, -0.2) is 0 Å². The van der Waals surface area contributed by atoms with E-state index in [1.165, 1.54) is 5.56 Å². The highest BCUT2D eigenvalue weighted by Gasteiger charge is 2.22. The van der Waals surface area contributed by atoms with Crippen LogP contribution in [0.5, 0.6) is 0 Å². The van der Waals surface area contributed by atoms with E-state index in [0.29, 0.717) is 10.4 Å². The van der Waals surface area contributed by atoms with Gasteiger partial charge >= 0.3 is 0 Å². The van der Waals surface area contributed by atoms with E-state index >= 15 is 0 Å². The summed E-state index contributed by atoms with van der Waals surface area (Å²) < 4.78 is 0.711. The molecule has 1 unspecified atom stereocenters. The number of thiocarbonyl (C=S) groups is 1. The van der Waals surface area contributed by atoms with Crippen LogP contribution in [0.3, 0.4) is 0 Å². The van der Waals surface area contributed by atoms with Crippen LogP contribution in [0, 0.1) is 0 Å². The Hall–Kier alpha value is -0.580. The quantitative estimate of drug-likeness (QED) is 0.616. The van der Waals surface area contributed by atoms with Crippen LogP contribution in [0.1, 0.15) is 5.56 Å². The van der Waals surface area contributed by atoms with Gasteiger partial charge in [-0.2, -0.15) is 0 Å². The van der Waals surface area contributed by atoms with Crippen LogP contribution in [0.4, 0.5) is 0 Å². The van der Waals surface area contributed by atoms with Crippen molar-refractivity contribution in [1.82, 2.24) is 10.2 Å². The van der Waals surface area contributed by atoms with E-state index in [9.17, 15) is 0 Å². The zero-order valence-electron chi connectivity index (χ0n) is 9.10. The molecular weight excluding hydrogens is 236 g/mol. The monoisotopic (exact) mass is 252 g/mol. The van der Waals surface area contributed by atoms with E-state index in [-0.39, 0.29) is 0 Å². The van der Waals surface area contributed by atoms with Gasteiger partial charge in [-0.1, -0.05) is 42.5 Å². The van der Waals surface area contributed by atoms with Crippen molar-refractivity contribution in [3.63, 3.8) is 0 Å². The number of nitrogens with zero attached hydrogens (tertiary/aromatic N) is 1. The summed E-state index contributed by atoms with van der Waals surface area (Å²) in [7, 11) is 0. The van der Waals surface area contributed by atoms with E-state index in [1.807, 2.05) is 6.07 Å². The molecule has 1 aromatic rings. The van der Waals surface area contributed by atoms with Gasteiger partial charge in [0.2, 0.25) is 0 Å². The summed E-state index contributed by atoms with van der Waals surface area (Å²) in [6.07, 6.45) is 1.02. The number of piperazine rings is 1. The molecule has 4 heteroatoms. The summed E-state index contributed by atoms with van der Waals surface area (Å²) in [5.41, 5.74) is 1.35. The molecule has 1 heterocycles. The topological polar surface area (TPSA) is 15.3 Å². The summed E-state index contributed by atoms with van der Waals surface area (Å²) in [6, 6.07) is 11.0. The van der Waals surface area contributed by atoms with Crippen LogP contribution in [-0.4, -0.2) is 34.9 Å². The fourth-order valence-corrected chi connectivity index (χ4v) is 2.58. The van der Waals surface area contributed by atoms with Crippen LogP contribution in [0.15, 0.2) is 30.3 Å². The Morgan fingerprint density at radius 3 is 2.88 bits per heavy atom. The first-order chi connectivity index (χ1) is 7.77. The van der Waals surface area contributed by atoms with Crippen molar-refractivity contribution in [3.8, 4) is 0 Å². The lowest BCUT2D eigenvalue weighted by Crippen LogP contribution is -2.53. The molecule has 1 N–H and O–H groups in total. The lowest BCUT2D eigenvalue weighted by molar-refractivity contribution is 0.264. The molecule has 2 rings (SSSR count). The first kappa shape index (κ1) is 11.9. The Morgan fingerprint density at radius 2 is 2.19 bits per heavy atom. The summed E-state index contributed by atoms with van der Waals surface area (Å²) in [5, 5.41) is 3.40. The van der Waals surface area contributed by atoms with Gasteiger partial charge in [0.15, 0.2) is 0 Å². The maximum atomic E-state index is 5.17. The van der Waals surface area contributed by atoms with Crippen LogP contribution < -0.4 is 5.32 Å². The Bertz CT molecular complexity index is 353. The molecule has 1 aromatic carbocycles. The number of hydrogen-bond acceptors (Lipinski definition) is 2. The van der Waals surface area contributed by atoms with E-state index in [2.05, 4.69) is 47.1 Å². The predicted octanol–water partition coefficient (Wildman–Crippen LogP) is 1.72. The lowest BCUT2D eigenvalue weighted by atomic mass is 10.0. The number of hydrogen-bond donors (Lipinski definition) is 2. The van der Waals surface area contributed by atoms with Crippen molar-refractivity contribution >= 4 is 29.2 Å². The number of thiol groups is 1. The van der Waals surface area contributed by atoms with Crippen molar-refractivity contribution in [3.05, 3.63) is 35.9 Å². The molecule has 86 valence electrons. The molecular formula is C12H16N2S2. The standard InChI is InChI=1S/C12H16N2S2/c15-12(16)14-7-6-13-9-11(14)8-10-4-2-1-3-5-10/h1-5,11,13H,6-9H2,(H,15,16). The van der Waals surface area contributed by atoms with Crippen LogP contribution >= 0.6 is 24.8 Å². The molecule has 0 radical (unpaired) electrons. The second kappa shape index (κ2) is 5.66. The molecule has 0 spiro atoms. The minimum atomic E-state index is 0.432. The Kier molecular flexibility index (Phi) is 4.21. The van der Waals surface area contributed by atoms with E-state index < -0.39 is 0 Å². The number of rotatable bonds is 2. The molecule has 0 aliphatic carbocycles. The van der Waals surface area contributed by atoms with Crippen LogP contribution in [0.25, 0.3) is 0 Å².